The van der Waals surface area contributed by atoms with Crippen LogP contribution >= 0.6 is 0 Å². The van der Waals surface area contributed by atoms with Crippen LogP contribution in [0.25, 0.3) is 0 Å². The molecule has 1 fully saturated rings. The smallest absolute Gasteiger partial charge is 0.245 e. The fourth-order valence-electron chi connectivity index (χ4n) is 8.57. The number of carbonyl (C=O) groups excluding carboxylic acids is 5. The average molecular weight is 892 g/mol. The van der Waals surface area contributed by atoms with Gasteiger partial charge in [0.1, 0.15) is 12.1 Å². The fourth-order valence-corrected chi connectivity index (χ4v) is 8.57. The Kier molecular flexibility index (Phi) is 25.5. The summed E-state index contributed by atoms with van der Waals surface area (Å²) in [6.07, 6.45) is 0.967. The van der Waals surface area contributed by atoms with Gasteiger partial charge in [0.05, 0.1) is 75.7 Å². The predicted molar refractivity (Wildman–Crippen MR) is 242 cm³/mol. The number of ether oxygens (including phenoxy) is 4. The SMILES string of the molecule is CC[C@H](C)[C@@H]([C@@H](CC(=O)N1CCC[C@H]1[C@H](OC)[C@@H](C)C(=O)N[C@@H](Cc1ccccc1)C(=O)NCCOCCOCCON)OC)N(C)C(=O)C(NC(=O)C(C(C)C)N(C)C)C(C)C. The number of nitrogens with one attached hydrogen (secondary N) is 3. The van der Waals surface area contributed by atoms with Crippen molar-refractivity contribution >= 4 is 29.5 Å². The zero-order valence-corrected chi connectivity index (χ0v) is 40.2. The van der Waals surface area contributed by atoms with Gasteiger partial charge in [0, 0.05) is 40.8 Å². The van der Waals surface area contributed by atoms with Crippen molar-refractivity contribution in [2.24, 2.45) is 29.6 Å². The highest BCUT2D eigenvalue weighted by molar-refractivity contribution is 5.90. The van der Waals surface area contributed by atoms with E-state index in [4.69, 9.17) is 24.8 Å². The van der Waals surface area contributed by atoms with Gasteiger partial charge in [0.25, 0.3) is 0 Å². The topological polar surface area (TPSA) is 203 Å². The van der Waals surface area contributed by atoms with Gasteiger partial charge in [-0.1, -0.05) is 85.2 Å². The van der Waals surface area contributed by atoms with Crippen LogP contribution in [0.2, 0.25) is 0 Å². The lowest BCUT2D eigenvalue weighted by Gasteiger charge is -2.41. The summed E-state index contributed by atoms with van der Waals surface area (Å²) in [5.41, 5.74) is 0.876. The molecule has 2 rings (SSSR count). The van der Waals surface area contributed by atoms with Crippen molar-refractivity contribution < 1.29 is 47.8 Å². The van der Waals surface area contributed by atoms with Crippen molar-refractivity contribution in [2.75, 3.05) is 81.5 Å². The molecule has 1 saturated heterocycles. The van der Waals surface area contributed by atoms with Crippen LogP contribution in [0.5, 0.6) is 0 Å². The van der Waals surface area contributed by atoms with Crippen LogP contribution in [0.3, 0.4) is 0 Å². The van der Waals surface area contributed by atoms with Crippen LogP contribution in [-0.4, -0.2) is 168 Å². The summed E-state index contributed by atoms with van der Waals surface area (Å²) in [5, 5.41) is 8.88. The molecule has 1 aromatic rings. The van der Waals surface area contributed by atoms with Gasteiger partial charge in [0.2, 0.25) is 29.5 Å². The first-order valence-electron chi connectivity index (χ1n) is 22.6. The maximum absolute atomic E-state index is 14.4. The number of amides is 5. The summed E-state index contributed by atoms with van der Waals surface area (Å²) < 4.78 is 23.0. The number of likely N-dealkylation sites (tertiary alicyclic amines) is 1. The van der Waals surface area contributed by atoms with Crippen molar-refractivity contribution in [1.29, 1.82) is 0 Å². The number of nitrogens with zero attached hydrogens (tertiary/aromatic N) is 3. The van der Waals surface area contributed by atoms with Crippen LogP contribution in [-0.2, 0) is 54.2 Å². The zero-order valence-electron chi connectivity index (χ0n) is 40.2. The van der Waals surface area contributed by atoms with E-state index in [9.17, 15) is 24.0 Å². The molecule has 1 heterocycles. The molecule has 0 aromatic heterocycles. The van der Waals surface area contributed by atoms with E-state index < -0.39 is 48.3 Å². The second-order valence-electron chi connectivity index (χ2n) is 17.6. The van der Waals surface area contributed by atoms with Crippen LogP contribution < -0.4 is 21.8 Å². The van der Waals surface area contributed by atoms with Gasteiger partial charge < -0.3 is 49.5 Å². The standard InChI is InChI=1S/C46H81N7O10/c1-13-32(6)41(52(10)46(58)39(30(2)3)50-45(57)40(31(4)5)51(8)9)37(59-11)29-38(54)53-22-17-20-36(53)42(60-12)33(7)43(55)49-35(28-34-18-15-14-16-19-34)44(56)48-21-23-61-24-25-62-26-27-63-47/h14-16,18-19,30-33,35-37,39-42H,13,17,20-29,47H2,1-12H3,(H,48,56)(H,49,55)(H,50,57)/t32-,33+,35-,36-,37+,39?,40?,41-,42+/m0/s1. The van der Waals surface area contributed by atoms with Crippen molar-refractivity contribution in [1.82, 2.24) is 30.7 Å². The molecule has 5 N–H and O–H groups in total. The highest BCUT2D eigenvalue weighted by Crippen LogP contribution is 2.30. The largest absolute Gasteiger partial charge is 0.379 e. The Bertz CT molecular complexity index is 1510. The van der Waals surface area contributed by atoms with E-state index >= 15 is 0 Å². The van der Waals surface area contributed by atoms with E-state index in [0.29, 0.717) is 39.2 Å². The van der Waals surface area contributed by atoms with E-state index in [1.165, 1.54) is 7.11 Å². The third kappa shape index (κ3) is 17.3. The molecular formula is C46H81N7O10. The van der Waals surface area contributed by atoms with Crippen LogP contribution in [0.15, 0.2) is 30.3 Å². The molecule has 1 aromatic carbocycles. The Labute approximate surface area is 377 Å². The first-order chi connectivity index (χ1) is 29.9. The van der Waals surface area contributed by atoms with E-state index in [0.717, 1.165) is 12.0 Å². The van der Waals surface area contributed by atoms with Crippen molar-refractivity contribution in [3.63, 3.8) is 0 Å². The number of rotatable bonds is 30. The average Bonchev–Trinajstić information content (AvgIpc) is 3.73. The van der Waals surface area contributed by atoms with Crippen LogP contribution in [0.4, 0.5) is 0 Å². The molecule has 17 heteroatoms. The number of methoxy groups -OCH3 is 2. The first-order valence-corrected chi connectivity index (χ1v) is 22.6. The summed E-state index contributed by atoms with van der Waals surface area (Å²) in [4.78, 5) is 79.5. The van der Waals surface area contributed by atoms with Gasteiger partial charge >= 0.3 is 0 Å². The first kappa shape index (κ1) is 55.4. The van der Waals surface area contributed by atoms with Gasteiger partial charge in [-0.05, 0) is 50.3 Å². The normalized spacial score (nSPS) is 18.0. The minimum absolute atomic E-state index is 0.00923. The molecule has 360 valence electrons. The molecule has 1 aliphatic heterocycles. The lowest BCUT2D eigenvalue weighted by molar-refractivity contribution is -0.148. The molecule has 0 saturated carbocycles. The van der Waals surface area contributed by atoms with E-state index in [1.807, 2.05) is 90.9 Å². The molecule has 5 amide bonds. The molecule has 0 radical (unpaired) electrons. The number of nitrogens with two attached hydrogens (primary N) is 1. The quantitative estimate of drug-likeness (QED) is 0.0650. The lowest BCUT2D eigenvalue weighted by Crippen LogP contribution is -2.59. The zero-order chi connectivity index (χ0) is 47.2. The molecule has 9 atom stereocenters. The third-order valence-corrected chi connectivity index (χ3v) is 12.1. The van der Waals surface area contributed by atoms with Gasteiger partial charge in [-0.2, -0.15) is 0 Å². The second kappa shape index (κ2) is 29.0. The van der Waals surface area contributed by atoms with Crippen LogP contribution in [0.1, 0.15) is 79.7 Å². The van der Waals surface area contributed by atoms with Gasteiger partial charge in [-0.3, -0.25) is 28.9 Å². The summed E-state index contributed by atoms with van der Waals surface area (Å²) in [6, 6.07) is 6.46. The Morgan fingerprint density at radius 1 is 0.825 bits per heavy atom. The minimum Gasteiger partial charge on any atom is -0.379 e. The number of benzene rings is 1. The maximum Gasteiger partial charge on any atom is 0.245 e. The van der Waals surface area contributed by atoms with Gasteiger partial charge in [-0.25, -0.2) is 5.90 Å². The predicted octanol–water partition coefficient (Wildman–Crippen LogP) is 2.40. The summed E-state index contributed by atoms with van der Waals surface area (Å²) >= 11 is 0. The molecule has 63 heavy (non-hydrogen) atoms. The highest BCUT2D eigenvalue weighted by Gasteiger charge is 2.43. The molecule has 2 unspecified atom stereocenters. The van der Waals surface area contributed by atoms with Crippen molar-refractivity contribution in [3.8, 4) is 0 Å². The molecule has 17 nitrogen and oxygen atoms in total. The lowest BCUT2D eigenvalue weighted by atomic mass is 9.89. The number of likely N-dealkylation sites (N-methyl/N-ethyl adjacent to an activating group) is 2. The van der Waals surface area contributed by atoms with E-state index in [-0.39, 0.29) is 79.9 Å². The van der Waals surface area contributed by atoms with Crippen molar-refractivity contribution in [3.05, 3.63) is 35.9 Å². The molecule has 0 spiro atoms. The Morgan fingerprint density at radius 2 is 1.46 bits per heavy atom. The minimum atomic E-state index is -0.881. The summed E-state index contributed by atoms with van der Waals surface area (Å²) in [5.74, 6) is 2.68. The van der Waals surface area contributed by atoms with Crippen LogP contribution in [0, 0.1) is 23.7 Å². The molecular weight excluding hydrogens is 811 g/mol. The van der Waals surface area contributed by atoms with E-state index in [2.05, 4.69) is 20.8 Å². The second-order valence-corrected chi connectivity index (χ2v) is 17.6. The summed E-state index contributed by atoms with van der Waals surface area (Å²) in [6.45, 7) is 15.9. The monoisotopic (exact) mass is 892 g/mol. The number of carbonyl (C=O) groups is 5. The fraction of sp³-hybridized carbons (Fsp3) is 0.761. The Hall–Kier alpha value is -3.71. The Morgan fingerprint density at radius 3 is 2.02 bits per heavy atom. The summed E-state index contributed by atoms with van der Waals surface area (Å²) in [7, 11) is 8.51. The van der Waals surface area contributed by atoms with E-state index in [1.54, 1.807) is 30.9 Å². The Balaban J connectivity index is 2.23. The van der Waals surface area contributed by atoms with Gasteiger partial charge in [-0.15, -0.1) is 0 Å². The highest BCUT2D eigenvalue weighted by atomic mass is 16.6. The third-order valence-electron chi connectivity index (χ3n) is 12.1. The van der Waals surface area contributed by atoms with Gasteiger partial charge in [0.15, 0.2) is 0 Å². The molecule has 1 aliphatic rings. The van der Waals surface area contributed by atoms with Crippen molar-refractivity contribution in [2.45, 2.75) is 123 Å². The maximum atomic E-state index is 14.4. The number of hydrogen-bond donors (Lipinski definition) is 4. The molecule has 0 bridgehead atoms. The molecule has 0 aliphatic carbocycles. The number of hydrogen-bond acceptors (Lipinski definition) is 12.